The largest absolute Gasteiger partial charge is 0.368 e. The molecule has 4 rings (SSSR count). The second-order valence-electron chi connectivity index (χ2n) is 7.34. The Balaban J connectivity index is 1.44. The Morgan fingerprint density at radius 3 is 2.17 bits per heavy atom. The lowest BCUT2D eigenvalue weighted by Crippen LogP contribution is -2.51. The number of carbonyl (C=O) groups excluding carboxylic acids is 2. The molecule has 0 aliphatic carbocycles. The van der Waals surface area contributed by atoms with Gasteiger partial charge in [0.15, 0.2) is 0 Å². The molecule has 0 bridgehead atoms. The van der Waals surface area contributed by atoms with E-state index in [0.717, 1.165) is 11.3 Å². The van der Waals surface area contributed by atoms with Crippen LogP contribution in [0.15, 0.2) is 53.6 Å². The molecule has 0 aromatic heterocycles. The summed E-state index contributed by atoms with van der Waals surface area (Å²) in [7, 11) is 0. The van der Waals surface area contributed by atoms with Gasteiger partial charge in [-0.15, -0.1) is 0 Å². The minimum atomic E-state index is -0.259. The summed E-state index contributed by atoms with van der Waals surface area (Å²) >= 11 is 0. The van der Waals surface area contributed by atoms with E-state index in [0.29, 0.717) is 44.0 Å². The molecular formula is C22H23FN4O2. The van der Waals surface area contributed by atoms with Gasteiger partial charge in [-0.2, -0.15) is 5.10 Å². The summed E-state index contributed by atoms with van der Waals surface area (Å²) in [4.78, 5) is 29.2. The second-order valence-corrected chi connectivity index (χ2v) is 7.34. The topological polar surface area (TPSA) is 56.2 Å². The van der Waals surface area contributed by atoms with Crippen LogP contribution in [0.1, 0.15) is 18.4 Å². The number of rotatable bonds is 3. The number of halogens is 1. The summed E-state index contributed by atoms with van der Waals surface area (Å²) in [5.41, 5.74) is 3.13. The van der Waals surface area contributed by atoms with E-state index in [1.165, 1.54) is 17.1 Å². The molecule has 150 valence electrons. The summed E-state index contributed by atoms with van der Waals surface area (Å²) in [5.74, 6) is -0.481. The molecule has 0 unspecified atom stereocenters. The van der Waals surface area contributed by atoms with Crippen LogP contribution < -0.4 is 9.91 Å². The highest BCUT2D eigenvalue weighted by atomic mass is 19.1. The van der Waals surface area contributed by atoms with Crippen molar-refractivity contribution in [3.63, 3.8) is 0 Å². The molecule has 0 radical (unpaired) electrons. The van der Waals surface area contributed by atoms with Gasteiger partial charge in [0.2, 0.25) is 5.91 Å². The van der Waals surface area contributed by atoms with Crippen molar-refractivity contribution < 1.29 is 14.0 Å². The van der Waals surface area contributed by atoms with E-state index >= 15 is 0 Å². The number of hydrazone groups is 1. The number of hydrogen-bond acceptors (Lipinski definition) is 4. The molecule has 2 aliphatic rings. The molecule has 7 heteroatoms. The van der Waals surface area contributed by atoms with E-state index in [4.69, 9.17) is 0 Å². The number of carbonyl (C=O) groups is 2. The number of piperazine rings is 1. The number of amides is 2. The van der Waals surface area contributed by atoms with Gasteiger partial charge in [0, 0.05) is 44.7 Å². The molecule has 0 saturated carbocycles. The molecule has 2 aliphatic heterocycles. The third-order valence-corrected chi connectivity index (χ3v) is 5.32. The van der Waals surface area contributed by atoms with Gasteiger partial charge in [-0.1, -0.05) is 17.7 Å². The zero-order valence-electron chi connectivity index (χ0n) is 16.3. The normalized spacial score (nSPS) is 17.4. The lowest BCUT2D eigenvalue weighted by atomic mass is 10.1. The van der Waals surface area contributed by atoms with E-state index in [1.807, 2.05) is 31.2 Å². The Kier molecular flexibility index (Phi) is 5.29. The van der Waals surface area contributed by atoms with Gasteiger partial charge in [-0.05, 0) is 43.3 Å². The molecule has 2 heterocycles. The SMILES string of the molecule is Cc1ccc(N2N=C(C(=O)N3CCN(c4ccc(F)cc4)CC3)CCC2=O)cc1. The molecule has 6 nitrogen and oxygen atoms in total. The smallest absolute Gasteiger partial charge is 0.270 e. The van der Waals surface area contributed by atoms with Crippen molar-refractivity contribution in [3.8, 4) is 0 Å². The average Bonchev–Trinajstić information content (AvgIpc) is 2.75. The highest BCUT2D eigenvalue weighted by Crippen LogP contribution is 2.22. The summed E-state index contributed by atoms with van der Waals surface area (Å²) < 4.78 is 13.1. The molecule has 2 aromatic rings. The minimum Gasteiger partial charge on any atom is -0.368 e. The van der Waals surface area contributed by atoms with Crippen molar-refractivity contribution in [1.82, 2.24) is 4.90 Å². The Bertz CT molecular complexity index is 932. The number of benzene rings is 2. The van der Waals surface area contributed by atoms with Crippen molar-refractivity contribution >= 4 is 28.9 Å². The Morgan fingerprint density at radius 2 is 1.52 bits per heavy atom. The first kappa shape index (κ1) is 19.1. The summed E-state index contributed by atoms with van der Waals surface area (Å²) in [6, 6.07) is 13.9. The highest BCUT2D eigenvalue weighted by molar-refractivity contribution is 6.40. The van der Waals surface area contributed by atoms with Gasteiger partial charge in [0.25, 0.3) is 5.91 Å². The zero-order valence-corrected chi connectivity index (χ0v) is 16.3. The Labute approximate surface area is 169 Å². The van der Waals surface area contributed by atoms with Crippen LogP contribution in [0.2, 0.25) is 0 Å². The quantitative estimate of drug-likeness (QED) is 0.804. The molecule has 2 amide bonds. The van der Waals surface area contributed by atoms with Gasteiger partial charge >= 0.3 is 0 Å². The van der Waals surface area contributed by atoms with Crippen molar-refractivity contribution in [2.24, 2.45) is 5.10 Å². The van der Waals surface area contributed by atoms with E-state index < -0.39 is 0 Å². The predicted octanol–water partition coefficient (Wildman–Crippen LogP) is 2.97. The fraction of sp³-hybridized carbons (Fsp3) is 0.318. The molecule has 2 aromatic carbocycles. The van der Waals surface area contributed by atoms with Crippen LogP contribution in [0.4, 0.5) is 15.8 Å². The second kappa shape index (κ2) is 8.03. The van der Waals surface area contributed by atoms with Crippen LogP contribution in [0.3, 0.4) is 0 Å². The molecular weight excluding hydrogens is 371 g/mol. The van der Waals surface area contributed by atoms with Crippen molar-refractivity contribution in [3.05, 3.63) is 59.9 Å². The maximum atomic E-state index is 13.1. The lowest BCUT2D eigenvalue weighted by Gasteiger charge is -2.36. The van der Waals surface area contributed by atoms with Gasteiger partial charge in [-0.25, -0.2) is 9.40 Å². The number of anilines is 2. The van der Waals surface area contributed by atoms with Gasteiger partial charge in [0.1, 0.15) is 11.5 Å². The van der Waals surface area contributed by atoms with Crippen LogP contribution in [0, 0.1) is 12.7 Å². The summed E-state index contributed by atoms with van der Waals surface area (Å²) in [5, 5.41) is 5.72. The molecule has 0 atom stereocenters. The fourth-order valence-corrected chi connectivity index (χ4v) is 3.60. The number of nitrogens with zero attached hydrogens (tertiary/aromatic N) is 4. The van der Waals surface area contributed by atoms with Crippen LogP contribution in [-0.2, 0) is 9.59 Å². The number of hydrogen-bond donors (Lipinski definition) is 0. The molecule has 1 fully saturated rings. The third kappa shape index (κ3) is 4.13. The molecule has 0 spiro atoms. The Morgan fingerprint density at radius 1 is 0.897 bits per heavy atom. The predicted molar refractivity (Wildman–Crippen MR) is 111 cm³/mol. The molecule has 29 heavy (non-hydrogen) atoms. The van der Waals surface area contributed by atoms with E-state index in [9.17, 15) is 14.0 Å². The maximum absolute atomic E-state index is 13.1. The van der Waals surface area contributed by atoms with E-state index in [1.54, 1.807) is 17.0 Å². The molecule has 0 N–H and O–H groups in total. The zero-order chi connectivity index (χ0) is 20.4. The van der Waals surface area contributed by atoms with E-state index in [-0.39, 0.29) is 24.1 Å². The van der Waals surface area contributed by atoms with E-state index in [2.05, 4.69) is 10.0 Å². The summed E-state index contributed by atoms with van der Waals surface area (Å²) in [6.45, 7) is 4.45. The van der Waals surface area contributed by atoms with Crippen LogP contribution in [0.5, 0.6) is 0 Å². The minimum absolute atomic E-state index is 0.105. The monoisotopic (exact) mass is 394 g/mol. The lowest BCUT2D eigenvalue weighted by molar-refractivity contribution is -0.124. The fourth-order valence-electron chi connectivity index (χ4n) is 3.60. The van der Waals surface area contributed by atoms with Crippen LogP contribution in [0.25, 0.3) is 0 Å². The first-order chi connectivity index (χ1) is 14.0. The van der Waals surface area contributed by atoms with Gasteiger partial charge < -0.3 is 9.80 Å². The highest BCUT2D eigenvalue weighted by Gasteiger charge is 2.30. The van der Waals surface area contributed by atoms with Crippen molar-refractivity contribution in [2.75, 3.05) is 36.1 Å². The maximum Gasteiger partial charge on any atom is 0.270 e. The molecule has 1 saturated heterocycles. The standard InChI is InChI=1S/C22H23FN4O2/c1-16-2-6-19(7-3-16)27-21(28)11-10-20(24-27)22(29)26-14-12-25(13-15-26)18-8-4-17(23)5-9-18/h2-9H,10-15H2,1H3. The van der Waals surface area contributed by atoms with Crippen molar-refractivity contribution in [1.29, 1.82) is 0 Å². The van der Waals surface area contributed by atoms with Crippen molar-refractivity contribution in [2.45, 2.75) is 19.8 Å². The number of aryl methyl sites for hydroxylation is 1. The van der Waals surface area contributed by atoms with Crippen LogP contribution in [-0.4, -0.2) is 48.6 Å². The van der Waals surface area contributed by atoms with Gasteiger partial charge in [0.05, 0.1) is 5.69 Å². The van der Waals surface area contributed by atoms with Crippen LogP contribution >= 0.6 is 0 Å². The first-order valence-corrected chi connectivity index (χ1v) is 9.78. The summed E-state index contributed by atoms with van der Waals surface area (Å²) in [6.07, 6.45) is 0.631. The first-order valence-electron chi connectivity index (χ1n) is 9.78. The Hall–Kier alpha value is -3.22. The van der Waals surface area contributed by atoms with Gasteiger partial charge in [-0.3, -0.25) is 9.59 Å². The average molecular weight is 394 g/mol. The third-order valence-electron chi connectivity index (χ3n) is 5.32.